The van der Waals surface area contributed by atoms with Crippen LogP contribution in [0.4, 0.5) is 0 Å². The van der Waals surface area contributed by atoms with Crippen LogP contribution in [0.1, 0.15) is 31.2 Å². The highest BCUT2D eigenvalue weighted by atomic mass is 16.3. The molecule has 1 atom stereocenters. The number of hydrogen-bond donors (Lipinski definition) is 1. The van der Waals surface area contributed by atoms with Crippen molar-refractivity contribution in [3.8, 4) is 0 Å². The van der Waals surface area contributed by atoms with Gasteiger partial charge in [0.15, 0.2) is 11.5 Å². The summed E-state index contributed by atoms with van der Waals surface area (Å²) < 4.78 is 5.48. The second kappa shape index (κ2) is 3.08. The van der Waals surface area contributed by atoms with Gasteiger partial charge in [0.2, 0.25) is 0 Å². The van der Waals surface area contributed by atoms with Crippen LogP contribution >= 0.6 is 0 Å². The van der Waals surface area contributed by atoms with E-state index in [1.165, 1.54) is 5.56 Å². The maximum absolute atomic E-state index is 5.48. The highest BCUT2D eigenvalue weighted by molar-refractivity contribution is 5.73. The molecule has 1 unspecified atom stereocenters. The van der Waals surface area contributed by atoms with Crippen LogP contribution in [0.2, 0.25) is 0 Å². The van der Waals surface area contributed by atoms with Crippen LogP contribution in [0.25, 0.3) is 11.1 Å². The lowest BCUT2D eigenvalue weighted by Crippen LogP contribution is -2.59. The average molecular weight is 216 g/mol. The maximum Gasteiger partial charge on any atom is 0.192 e. The summed E-state index contributed by atoms with van der Waals surface area (Å²) in [7, 11) is 0. The van der Waals surface area contributed by atoms with E-state index in [4.69, 9.17) is 4.42 Å². The Bertz CT molecular complexity index is 542. The van der Waals surface area contributed by atoms with Gasteiger partial charge in [0.1, 0.15) is 5.52 Å². The minimum atomic E-state index is 0.201. The molecule has 0 saturated carbocycles. The molecular weight excluding hydrogens is 200 g/mol. The van der Waals surface area contributed by atoms with Crippen molar-refractivity contribution in [2.24, 2.45) is 0 Å². The van der Waals surface area contributed by atoms with Crippen molar-refractivity contribution in [1.82, 2.24) is 10.3 Å². The van der Waals surface area contributed by atoms with Crippen molar-refractivity contribution in [3.05, 3.63) is 29.7 Å². The first-order valence-corrected chi connectivity index (χ1v) is 5.68. The first kappa shape index (κ1) is 9.85. The van der Waals surface area contributed by atoms with Gasteiger partial charge >= 0.3 is 0 Å². The van der Waals surface area contributed by atoms with Crippen molar-refractivity contribution < 1.29 is 4.42 Å². The average Bonchev–Trinajstić information content (AvgIpc) is 2.56. The third-order valence-electron chi connectivity index (χ3n) is 3.55. The van der Waals surface area contributed by atoms with E-state index in [1.54, 1.807) is 0 Å². The molecule has 1 N–H and O–H groups in total. The van der Waals surface area contributed by atoms with Gasteiger partial charge in [0, 0.05) is 24.9 Å². The highest BCUT2D eigenvalue weighted by Gasteiger charge is 2.38. The second-order valence-electron chi connectivity index (χ2n) is 5.12. The number of oxazole rings is 1. The number of nitrogens with one attached hydrogen (secondary N) is 1. The minimum Gasteiger partial charge on any atom is -0.441 e. The molecule has 0 amide bonds. The molecule has 1 fully saturated rings. The van der Waals surface area contributed by atoms with Gasteiger partial charge in [0.05, 0.1) is 0 Å². The van der Waals surface area contributed by atoms with E-state index in [-0.39, 0.29) is 5.54 Å². The summed E-state index contributed by atoms with van der Waals surface area (Å²) in [5, 5.41) is 3.44. The Hall–Kier alpha value is -1.35. The fraction of sp³-hybridized carbons (Fsp3) is 0.462. The van der Waals surface area contributed by atoms with E-state index in [9.17, 15) is 0 Å². The highest BCUT2D eigenvalue weighted by Crippen LogP contribution is 2.35. The van der Waals surface area contributed by atoms with Gasteiger partial charge in [-0.2, -0.15) is 0 Å². The third-order valence-corrected chi connectivity index (χ3v) is 3.55. The number of nitrogens with zero attached hydrogens (tertiary/aromatic N) is 1. The molecule has 0 bridgehead atoms. The van der Waals surface area contributed by atoms with E-state index in [2.05, 4.69) is 36.3 Å². The number of aromatic nitrogens is 1. The maximum atomic E-state index is 5.48. The van der Waals surface area contributed by atoms with Crippen LogP contribution in [-0.4, -0.2) is 17.1 Å². The quantitative estimate of drug-likeness (QED) is 0.796. The van der Waals surface area contributed by atoms with Crippen molar-refractivity contribution in [1.29, 1.82) is 0 Å². The molecule has 16 heavy (non-hydrogen) atoms. The normalized spacial score (nSPS) is 23.3. The third kappa shape index (κ3) is 1.35. The number of benzene rings is 1. The molecular formula is C13H16N2O. The Labute approximate surface area is 94.9 Å². The number of rotatable bonds is 1. The summed E-state index contributed by atoms with van der Waals surface area (Å²) in [5.74, 6) is 1.31. The van der Waals surface area contributed by atoms with Gasteiger partial charge in [0.25, 0.3) is 0 Å². The Balaban J connectivity index is 2.05. The number of hydrogen-bond acceptors (Lipinski definition) is 3. The molecule has 0 aliphatic carbocycles. The molecule has 3 heteroatoms. The van der Waals surface area contributed by atoms with Crippen molar-refractivity contribution >= 4 is 11.1 Å². The van der Waals surface area contributed by atoms with Crippen molar-refractivity contribution in [2.75, 3.05) is 6.54 Å². The zero-order valence-electron chi connectivity index (χ0n) is 9.87. The van der Waals surface area contributed by atoms with Crippen LogP contribution in [0.3, 0.4) is 0 Å². The molecule has 84 valence electrons. The molecule has 2 aromatic rings. The Morgan fingerprint density at radius 1 is 1.44 bits per heavy atom. The van der Waals surface area contributed by atoms with Crippen LogP contribution in [0.15, 0.2) is 22.6 Å². The van der Waals surface area contributed by atoms with Crippen LogP contribution < -0.4 is 5.32 Å². The fourth-order valence-corrected chi connectivity index (χ4v) is 2.42. The summed E-state index contributed by atoms with van der Waals surface area (Å²) >= 11 is 0. The lowest BCUT2D eigenvalue weighted by Gasteiger charge is -2.46. The van der Waals surface area contributed by atoms with E-state index < -0.39 is 0 Å². The predicted octanol–water partition coefficient (Wildman–Crippen LogP) is 2.60. The van der Waals surface area contributed by atoms with Gasteiger partial charge in [-0.25, -0.2) is 4.98 Å². The zero-order chi connectivity index (χ0) is 11.3. The van der Waals surface area contributed by atoms with E-state index in [0.717, 1.165) is 23.5 Å². The Kier molecular flexibility index (Phi) is 1.89. The number of aryl methyl sites for hydroxylation is 1. The summed E-state index contributed by atoms with van der Waals surface area (Å²) in [4.78, 5) is 4.38. The molecule has 1 aliphatic heterocycles. The molecule has 1 aliphatic rings. The van der Waals surface area contributed by atoms with Crippen LogP contribution in [0, 0.1) is 6.92 Å². The zero-order valence-corrected chi connectivity index (χ0v) is 9.87. The molecule has 2 heterocycles. The standard InChI is InChI=1S/C13H16N2O/c1-8-15-11-6-9(4-5-12(11)16-8)10-7-14-13(10,2)3/h4-6,10,14H,7H2,1-3H3. The first-order valence-electron chi connectivity index (χ1n) is 5.68. The lowest BCUT2D eigenvalue weighted by molar-refractivity contribution is 0.208. The van der Waals surface area contributed by atoms with Crippen LogP contribution in [-0.2, 0) is 0 Å². The molecule has 1 aromatic heterocycles. The van der Waals surface area contributed by atoms with E-state index in [0.29, 0.717) is 5.92 Å². The Morgan fingerprint density at radius 2 is 2.25 bits per heavy atom. The first-order chi connectivity index (χ1) is 7.56. The van der Waals surface area contributed by atoms with Gasteiger partial charge in [-0.3, -0.25) is 0 Å². The smallest absolute Gasteiger partial charge is 0.192 e. The summed E-state index contributed by atoms with van der Waals surface area (Å²) in [6, 6.07) is 6.33. The van der Waals surface area contributed by atoms with E-state index in [1.807, 2.05) is 13.0 Å². The molecule has 1 saturated heterocycles. The number of fused-ring (bicyclic) bond motifs is 1. The molecule has 1 aromatic carbocycles. The Morgan fingerprint density at radius 3 is 2.88 bits per heavy atom. The van der Waals surface area contributed by atoms with Gasteiger partial charge in [-0.1, -0.05) is 6.07 Å². The minimum absolute atomic E-state index is 0.201. The molecule has 3 rings (SSSR count). The van der Waals surface area contributed by atoms with E-state index >= 15 is 0 Å². The van der Waals surface area contributed by atoms with Crippen molar-refractivity contribution in [2.45, 2.75) is 32.2 Å². The molecule has 0 radical (unpaired) electrons. The van der Waals surface area contributed by atoms with Gasteiger partial charge in [-0.15, -0.1) is 0 Å². The van der Waals surface area contributed by atoms with Crippen molar-refractivity contribution in [3.63, 3.8) is 0 Å². The van der Waals surface area contributed by atoms with Crippen LogP contribution in [0.5, 0.6) is 0 Å². The van der Waals surface area contributed by atoms with Gasteiger partial charge < -0.3 is 9.73 Å². The molecule has 3 nitrogen and oxygen atoms in total. The monoisotopic (exact) mass is 216 g/mol. The summed E-state index contributed by atoms with van der Waals surface area (Å²) in [6.45, 7) is 7.41. The SMILES string of the molecule is Cc1nc2cc(C3CNC3(C)C)ccc2o1. The summed E-state index contributed by atoms with van der Waals surface area (Å²) in [5.41, 5.74) is 3.40. The summed E-state index contributed by atoms with van der Waals surface area (Å²) in [6.07, 6.45) is 0. The molecule has 0 spiro atoms. The largest absolute Gasteiger partial charge is 0.441 e. The lowest BCUT2D eigenvalue weighted by atomic mass is 9.75. The van der Waals surface area contributed by atoms with Gasteiger partial charge in [-0.05, 0) is 31.5 Å². The fourth-order valence-electron chi connectivity index (χ4n) is 2.42. The topological polar surface area (TPSA) is 38.1 Å². The predicted molar refractivity (Wildman–Crippen MR) is 63.6 cm³/mol. The second-order valence-corrected chi connectivity index (χ2v) is 5.12.